The van der Waals surface area contributed by atoms with Crippen molar-refractivity contribution in [1.82, 2.24) is 0 Å². The van der Waals surface area contributed by atoms with Crippen LogP contribution in [0.5, 0.6) is 0 Å². The summed E-state index contributed by atoms with van der Waals surface area (Å²) in [5.74, 6) is -0.130. The van der Waals surface area contributed by atoms with Crippen molar-refractivity contribution in [2.45, 2.75) is 39.5 Å². The van der Waals surface area contributed by atoms with E-state index in [1.165, 1.54) is 23.3 Å². The van der Waals surface area contributed by atoms with Gasteiger partial charge in [0.1, 0.15) is 0 Å². The first-order valence-electron chi connectivity index (χ1n) is 5.52. The molecule has 3 heteroatoms. The second kappa shape index (κ2) is 4.35. The molecule has 1 heterocycles. The Morgan fingerprint density at radius 2 is 2.13 bits per heavy atom. The minimum atomic E-state index is -0.130. The Bertz CT molecular complexity index is 379. The van der Waals surface area contributed by atoms with Gasteiger partial charge in [0, 0.05) is 9.75 Å². The molecular formula is C12H16O2S. The van der Waals surface area contributed by atoms with Gasteiger partial charge in [-0.25, -0.2) is 4.79 Å². The number of hydrogen-bond acceptors (Lipinski definition) is 3. The van der Waals surface area contributed by atoms with Gasteiger partial charge in [0.25, 0.3) is 0 Å². The molecule has 1 aliphatic carbocycles. The first-order valence-corrected chi connectivity index (χ1v) is 6.34. The van der Waals surface area contributed by atoms with Crippen LogP contribution in [0.25, 0.3) is 0 Å². The predicted octanol–water partition coefficient (Wildman–Crippen LogP) is 3.11. The summed E-state index contributed by atoms with van der Waals surface area (Å²) in [7, 11) is 0. The Hall–Kier alpha value is -0.830. The Balaban J connectivity index is 2.37. The van der Waals surface area contributed by atoms with Gasteiger partial charge in [-0.1, -0.05) is 0 Å². The highest BCUT2D eigenvalue weighted by atomic mass is 32.1. The lowest BCUT2D eigenvalue weighted by Crippen LogP contribution is -2.10. The van der Waals surface area contributed by atoms with Crippen molar-refractivity contribution < 1.29 is 9.53 Å². The van der Waals surface area contributed by atoms with Gasteiger partial charge < -0.3 is 4.74 Å². The largest absolute Gasteiger partial charge is 0.462 e. The number of thiophene rings is 1. The molecule has 0 spiro atoms. The summed E-state index contributed by atoms with van der Waals surface area (Å²) < 4.78 is 5.10. The first kappa shape index (κ1) is 10.7. The quantitative estimate of drug-likeness (QED) is 0.721. The average molecular weight is 224 g/mol. The molecule has 0 bridgehead atoms. The second-order valence-electron chi connectivity index (χ2n) is 3.86. The molecule has 1 aliphatic rings. The van der Waals surface area contributed by atoms with Crippen molar-refractivity contribution in [3.8, 4) is 0 Å². The molecule has 15 heavy (non-hydrogen) atoms. The fourth-order valence-electron chi connectivity index (χ4n) is 2.17. The van der Waals surface area contributed by atoms with E-state index < -0.39 is 0 Å². The van der Waals surface area contributed by atoms with E-state index in [0.29, 0.717) is 6.61 Å². The number of ether oxygens (including phenoxy) is 1. The van der Waals surface area contributed by atoms with Crippen LogP contribution in [-0.2, 0) is 17.6 Å². The zero-order valence-electron chi connectivity index (χ0n) is 9.26. The molecule has 0 radical (unpaired) electrons. The van der Waals surface area contributed by atoms with E-state index in [2.05, 4.69) is 0 Å². The average Bonchev–Trinajstić information content (AvgIpc) is 2.54. The number of hydrogen-bond donors (Lipinski definition) is 0. The Morgan fingerprint density at radius 3 is 2.87 bits per heavy atom. The predicted molar refractivity (Wildman–Crippen MR) is 61.7 cm³/mol. The summed E-state index contributed by atoms with van der Waals surface area (Å²) >= 11 is 1.77. The summed E-state index contributed by atoms with van der Waals surface area (Å²) in [6, 6.07) is 0. The zero-order valence-corrected chi connectivity index (χ0v) is 10.1. The molecule has 1 aromatic heterocycles. The molecule has 0 aliphatic heterocycles. The fraction of sp³-hybridized carbons (Fsp3) is 0.583. The maximum absolute atomic E-state index is 11.8. The van der Waals surface area contributed by atoms with Crippen molar-refractivity contribution in [3.05, 3.63) is 20.9 Å². The van der Waals surface area contributed by atoms with Gasteiger partial charge in [-0.3, -0.25) is 0 Å². The Labute approximate surface area is 94.3 Å². The van der Waals surface area contributed by atoms with E-state index in [1.807, 2.05) is 13.8 Å². The normalized spacial score (nSPS) is 14.8. The summed E-state index contributed by atoms with van der Waals surface area (Å²) in [6.45, 7) is 4.34. The third-order valence-electron chi connectivity index (χ3n) is 2.83. The number of aryl methyl sites for hydroxylation is 2. The Morgan fingerprint density at radius 1 is 1.40 bits per heavy atom. The molecule has 0 saturated carbocycles. The van der Waals surface area contributed by atoms with Crippen LogP contribution < -0.4 is 0 Å². The Kier molecular flexibility index (Phi) is 3.10. The van der Waals surface area contributed by atoms with Crippen molar-refractivity contribution in [2.75, 3.05) is 6.61 Å². The molecule has 0 N–H and O–H groups in total. The van der Waals surface area contributed by atoms with Crippen LogP contribution in [0.2, 0.25) is 0 Å². The van der Waals surface area contributed by atoms with E-state index in [0.717, 1.165) is 23.3 Å². The molecule has 0 fully saturated rings. The maximum atomic E-state index is 11.8. The molecule has 2 nitrogen and oxygen atoms in total. The van der Waals surface area contributed by atoms with Crippen LogP contribution >= 0.6 is 11.3 Å². The van der Waals surface area contributed by atoms with E-state index >= 15 is 0 Å². The molecule has 0 atom stereocenters. The molecule has 0 aromatic carbocycles. The first-order chi connectivity index (χ1) is 7.24. The molecule has 0 saturated heterocycles. The standard InChI is InChI=1S/C12H16O2S/c1-3-14-12(13)11-8(2)15-10-7-5-4-6-9(10)11/h3-7H2,1-2H3. The van der Waals surface area contributed by atoms with Gasteiger partial charge in [0.2, 0.25) is 0 Å². The topological polar surface area (TPSA) is 26.3 Å². The molecule has 82 valence electrons. The van der Waals surface area contributed by atoms with Crippen molar-refractivity contribution >= 4 is 17.3 Å². The van der Waals surface area contributed by atoms with Crippen LogP contribution in [-0.4, -0.2) is 12.6 Å². The minimum Gasteiger partial charge on any atom is -0.462 e. The molecular weight excluding hydrogens is 208 g/mol. The maximum Gasteiger partial charge on any atom is 0.339 e. The van der Waals surface area contributed by atoms with Gasteiger partial charge in [0.15, 0.2) is 0 Å². The third kappa shape index (κ3) is 1.93. The highest BCUT2D eigenvalue weighted by molar-refractivity contribution is 7.12. The number of esters is 1. The lowest BCUT2D eigenvalue weighted by Gasteiger charge is -2.12. The smallest absolute Gasteiger partial charge is 0.339 e. The van der Waals surface area contributed by atoms with E-state index in [9.17, 15) is 4.79 Å². The fourth-order valence-corrected chi connectivity index (χ4v) is 3.43. The number of fused-ring (bicyclic) bond motifs is 1. The molecule has 0 unspecified atom stereocenters. The monoisotopic (exact) mass is 224 g/mol. The lowest BCUT2D eigenvalue weighted by atomic mass is 9.95. The minimum absolute atomic E-state index is 0.130. The van der Waals surface area contributed by atoms with Crippen molar-refractivity contribution in [2.24, 2.45) is 0 Å². The lowest BCUT2D eigenvalue weighted by molar-refractivity contribution is 0.0525. The highest BCUT2D eigenvalue weighted by Gasteiger charge is 2.23. The van der Waals surface area contributed by atoms with Gasteiger partial charge in [-0.05, 0) is 45.1 Å². The molecule has 1 aromatic rings. The number of carbonyl (C=O) groups excluding carboxylic acids is 1. The van der Waals surface area contributed by atoms with Crippen LogP contribution in [0.4, 0.5) is 0 Å². The van der Waals surface area contributed by atoms with Gasteiger partial charge in [0.05, 0.1) is 12.2 Å². The summed E-state index contributed by atoms with van der Waals surface area (Å²) in [5.41, 5.74) is 2.12. The molecule has 2 rings (SSSR count). The van der Waals surface area contributed by atoms with Crippen LogP contribution in [0.15, 0.2) is 0 Å². The highest BCUT2D eigenvalue weighted by Crippen LogP contribution is 2.34. The summed E-state index contributed by atoms with van der Waals surface area (Å²) in [5, 5.41) is 0. The summed E-state index contributed by atoms with van der Waals surface area (Å²) in [4.78, 5) is 14.3. The van der Waals surface area contributed by atoms with Crippen LogP contribution in [0.1, 0.15) is 45.4 Å². The van der Waals surface area contributed by atoms with Gasteiger partial charge in [-0.15, -0.1) is 11.3 Å². The number of rotatable bonds is 2. The summed E-state index contributed by atoms with van der Waals surface area (Å²) in [6.07, 6.45) is 4.65. The van der Waals surface area contributed by atoms with Crippen LogP contribution in [0, 0.1) is 6.92 Å². The van der Waals surface area contributed by atoms with Crippen molar-refractivity contribution in [1.29, 1.82) is 0 Å². The van der Waals surface area contributed by atoms with Crippen LogP contribution in [0.3, 0.4) is 0 Å². The van der Waals surface area contributed by atoms with E-state index in [1.54, 1.807) is 11.3 Å². The third-order valence-corrected chi connectivity index (χ3v) is 4.03. The number of carbonyl (C=O) groups is 1. The van der Waals surface area contributed by atoms with E-state index in [4.69, 9.17) is 4.74 Å². The van der Waals surface area contributed by atoms with Gasteiger partial charge >= 0.3 is 5.97 Å². The van der Waals surface area contributed by atoms with E-state index in [-0.39, 0.29) is 5.97 Å². The second-order valence-corrected chi connectivity index (χ2v) is 5.17. The van der Waals surface area contributed by atoms with Crippen molar-refractivity contribution in [3.63, 3.8) is 0 Å². The molecule has 0 amide bonds. The zero-order chi connectivity index (χ0) is 10.8. The van der Waals surface area contributed by atoms with Gasteiger partial charge in [-0.2, -0.15) is 0 Å². The SMILES string of the molecule is CCOC(=O)c1c(C)sc2c1CCCC2.